The molecule has 0 spiro atoms. The normalized spacial score (nSPS) is 11.9. The van der Waals surface area contributed by atoms with E-state index in [1.54, 1.807) is 0 Å². The minimum absolute atomic E-state index is 0. The minimum atomic E-state index is -1.34. The van der Waals surface area contributed by atoms with Crippen LogP contribution in [0, 0.1) is 18.1 Å². The Morgan fingerprint density at radius 1 is 0.763 bits per heavy atom. The molecule has 0 N–H and O–H groups in total. The number of benzene rings is 4. The third-order valence-corrected chi connectivity index (χ3v) is 12.8. The van der Waals surface area contributed by atoms with Crippen LogP contribution in [0.1, 0.15) is 70.1 Å². The van der Waals surface area contributed by atoms with Crippen LogP contribution >= 0.6 is 0 Å². The predicted octanol–water partition coefficient (Wildman–Crippen LogP) is 12.9. The van der Waals surface area contributed by atoms with Gasteiger partial charge in [0, 0.05) is 38.2 Å². The summed E-state index contributed by atoms with van der Waals surface area (Å²) >= 11 is 0. The SMILES string of the molecule is CC(C)Cc1cc(-c2[c-]cccc2)ncc1[Si](C)(C)C.CC(C)c1cc2ccccc2c(C(C)C)c1-n1c(-c2[c-]c3c(nc2)oc2ccccc23)nc2cnccc21.[Ir]. The van der Waals surface area contributed by atoms with Crippen LogP contribution in [0.5, 0.6) is 0 Å². The van der Waals surface area contributed by atoms with Gasteiger partial charge in [0.2, 0.25) is 0 Å². The molecule has 59 heavy (non-hydrogen) atoms. The molecule has 0 aliphatic heterocycles. The monoisotopic (exact) mass is 970 g/mol. The van der Waals surface area contributed by atoms with Gasteiger partial charge in [0.1, 0.15) is 0 Å². The second-order valence-electron chi connectivity index (χ2n) is 17.3. The van der Waals surface area contributed by atoms with E-state index >= 15 is 0 Å². The van der Waals surface area contributed by atoms with Gasteiger partial charge in [-0.25, -0.2) is 0 Å². The first-order chi connectivity index (χ1) is 27.9. The summed E-state index contributed by atoms with van der Waals surface area (Å²) in [6.45, 7) is 20.8. The smallest absolute Gasteiger partial charge is 0.151 e. The summed E-state index contributed by atoms with van der Waals surface area (Å²) in [7, 11) is -1.34. The number of fused-ring (bicyclic) bond motifs is 5. The van der Waals surface area contributed by atoms with Gasteiger partial charge >= 0.3 is 0 Å². The van der Waals surface area contributed by atoms with E-state index in [1.807, 2.05) is 61.1 Å². The maximum Gasteiger partial charge on any atom is 0.151 e. The Balaban J connectivity index is 0.000000214. The Labute approximate surface area is 362 Å². The van der Waals surface area contributed by atoms with Crippen LogP contribution in [0.2, 0.25) is 19.6 Å². The molecule has 0 saturated heterocycles. The van der Waals surface area contributed by atoms with Crippen LogP contribution in [-0.2, 0) is 26.5 Å². The first-order valence-electron chi connectivity index (χ1n) is 20.4. The number of imidazole rings is 1. The van der Waals surface area contributed by atoms with E-state index < -0.39 is 8.07 Å². The number of hydrogen-bond acceptors (Lipinski definition) is 5. The molecule has 9 rings (SSSR count). The standard InChI is InChI=1S/C33H27N4O.C18H24NSi.Ir/c1-19(2)25-15-21-9-5-6-10-23(21)30(20(3)4)31(25)37-28-13-14-34-18-27(28)36-32(37)22-16-26-24-11-7-8-12-29(24)38-33(26)35-17-22;1-14(2)11-16-12-17(15-9-7-6-8-10-15)19-13-18(16)20(3,4)5;/h5-15,17-20H,1-4H3;6-9,12-14H,11H2,1-5H3;/q2*-1;. The summed E-state index contributed by atoms with van der Waals surface area (Å²) in [5.41, 5.74) is 11.4. The van der Waals surface area contributed by atoms with Gasteiger partial charge in [0.25, 0.3) is 0 Å². The van der Waals surface area contributed by atoms with Crippen molar-refractivity contribution in [2.24, 2.45) is 5.92 Å². The van der Waals surface area contributed by atoms with Gasteiger partial charge in [-0.2, -0.15) is 0 Å². The number of hydrogen-bond donors (Lipinski definition) is 0. The summed E-state index contributed by atoms with van der Waals surface area (Å²) in [5, 5.41) is 5.88. The summed E-state index contributed by atoms with van der Waals surface area (Å²) in [6, 6.07) is 38.3. The van der Waals surface area contributed by atoms with E-state index in [0.717, 1.165) is 56.5 Å². The molecule has 0 saturated carbocycles. The maximum absolute atomic E-state index is 5.99. The minimum Gasteiger partial charge on any atom is -0.482 e. The molecule has 8 heteroatoms. The number of furan rings is 1. The molecule has 301 valence electrons. The molecule has 5 heterocycles. The zero-order valence-electron chi connectivity index (χ0n) is 35.4. The molecule has 1 radical (unpaired) electrons. The Kier molecular flexibility index (Phi) is 12.2. The molecule has 0 aliphatic carbocycles. The molecule has 5 aromatic heterocycles. The van der Waals surface area contributed by atoms with Crippen molar-refractivity contribution in [1.29, 1.82) is 0 Å². The van der Waals surface area contributed by atoms with Crippen molar-refractivity contribution in [3.63, 3.8) is 0 Å². The molecule has 6 nitrogen and oxygen atoms in total. The second-order valence-corrected chi connectivity index (χ2v) is 22.4. The predicted molar refractivity (Wildman–Crippen MR) is 244 cm³/mol. The molecule has 0 amide bonds. The molecular weight excluding hydrogens is 919 g/mol. The van der Waals surface area contributed by atoms with Gasteiger partial charge in [-0.05, 0) is 86.7 Å². The van der Waals surface area contributed by atoms with Crippen molar-refractivity contribution in [3.05, 3.63) is 145 Å². The van der Waals surface area contributed by atoms with Crippen LogP contribution in [0.25, 0.3) is 72.2 Å². The Morgan fingerprint density at radius 2 is 1.51 bits per heavy atom. The van der Waals surface area contributed by atoms with E-state index in [-0.39, 0.29) is 20.1 Å². The van der Waals surface area contributed by atoms with Crippen molar-refractivity contribution in [2.45, 2.75) is 79.4 Å². The zero-order valence-corrected chi connectivity index (χ0v) is 38.8. The van der Waals surface area contributed by atoms with Gasteiger partial charge < -0.3 is 14.0 Å². The van der Waals surface area contributed by atoms with Crippen molar-refractivity contribution in [2.75, 3.05) is 0 Å². The van der Waals surface area contributed by atoms with Gasteiger partial charge in [-0.15, -0.1) is 42.0 Å². The molecule has 9 aromatic rings. The van der Waals surface area contributed by atoms with Gasteiger partial charge in [0.05, 0.1) is 36.7 Å². The fourth-order valence-electron chi connectivity index (χ4n) is 8.13. The maximum atomic E-state index is 5.99. The third-order valence-electron chi connectivity index (χ3n) is 10.8. The molecule has 0 bridgehead atoms. The van der Waals surface area contributed by atoms with Crippen LogP contribution < -0.4 is 5.19 Å². The summed E-state index contributed by atoms with van der Waals surface area (Å²) in [4.78, 5) is 18.9. The van der Waals surface area contributed by atoms with Crippen molar-refractivity contribution in [3.8, 4) is 28.3 Å². The molecule has 0 atom stereocenters. The van der Waals surface area contributed by atoms with Gasteiger partial charge in [0.15, 0.2) is 5.71 Å². The Hall–Kier alpha value is -5.27. The van der Waals surface area contributed by atoms with Gasteiger partial charge in [-0.1, -0.05) is 126 Å². The average Bonchev–Trinajstić information content (AvgIpc) is 3.78. The number of nitrogens with zero attached hydrogens (tertiary/aromatic N) is 5. The first-order valence-corrected chi connectivity index (χ1v) is 23.9. The van der Waals surface area contributed by atoms with E-state index in [9.17, 15) is 0 Å². The summed E-state index contributed by atoms with van der Waals surface area (Å²) in [6.07, 6.45) is 8.73. The molecule has 4 aromatic carbocycles. The summed E-state index contributed by atoms with van der Waals surface area (Å²) < 4.78 is 8.29. The zero-order chi connectivity index (χ0) is 40.7. The van der Waals surface area contributed by atoms with Crippen LogP contribution in [-0.4, -0.2) is 32.6 Å². The van der Waals surface area contributed by atoms with Crippen LogP contribution in [0.4, 0.5) is 0 Å². The number of para-hydroxylation sites is 1. The molecule has 0 aliphatic rings. The Morgan fingerprint density at radius 3 is 2.22 bits per heavy atom. The fourth-order valence-corrected chi connectivity index (χ4v) is 9.72. The number of aromatic nitrogens is 5. The van der Waals surface area contributed by atoms with E-state index in [2.05, 4.69) is 143 Å². The van der Waals surface area contributed by atoms with E-state index in [1.165, 1.54) is 38.3 Å². The first kappa shape index (κ1) is 41.9. The molecular formula is C51H51IrN5OSi-2. The van der Waals surface area contributed by atoms with Crippen LogP contribution in [0.15, 0.2) is 120 Å². The van der Waals surface area contributed by atoms with E-state index in [0.29, 0.717) is 23.5 Å². The largest absolute Gasteiger partial charge is 0.482 e. The Bertz CT molecular complexity index is 2910. The van der Waals surface area contributed by atoms with E-state index in [4.69, 9.17) is 14.4 Å². The van der Waals surface area contributed by atoms with Crippen LogP contribution in [0.3, 0.4) is 0 Å². The topological polar surface area (TPSA) is 69.6 Å². The molecule has 0 unspecified atom stereocenters. The number of rotatable bonds is 8. The third kappa shape index (κ3) is 8.32. The fraction of sp³-hybridized carbons (Fsp3) is 0.255. The van der Waals surface area contributed by atoms with Crippen molar-refractivity contribution < 1.29 is 24.5 Å². The average molecular weight is 970 g/mol. The molecule has 0 fully saturated rings. The van der Waals surface area contributed by atoms with Gasteiger partial charge in [-0.3, -0.25) is 15.0 Å². The van der Waals surface area contributed by atoms with Crippen molar-refractivity contribution in [1.82, 2.24) is 24.5 Å². The van der Waals surface area contributed by atoms with Crippen molar-refractivity contribution >= 4 is 57.1 Å². The number of pyridine rings is 3. The summed E-state index contributed by atoms with van der Waals surface area (Å²) in [5.74, 6) is 2.07. The quantitative estimate of drug-likeness (QED) is 0.112. The second kappa shape index (κ2) is 17.1.